The van der Waals surface area contributed by atoms with Crippen LogP contribution in [-0.2, 0) is 0 Å². The van der Waals surface area contributed by atoms with Crippen LogP contribution in [0.4, 0.5) is 8.78 Å². The smallest absolute Gasteiger partial charge is 0.142 e. The summed E-state index contributed by atoms with van der Waals surface area (Å²) in [5.74, 6) is -1.17. The first kappa shape index (κ1) is 11.4. The molecule has 2 aromatic carbocycles. The lowest BCUT2D eigenvalue weighted by Crippen LogP contribution is -1.88. The molecule has 0 bridgehead atoms. The summed E-state index contributed by atoms with van der Waals surface area (Å²) in [4.78, 5) is 0. The Balaban J connectivity index is 2.63. The van der Waals surface area contributed by atoms with Gasteiger partial charge < -0.3 is 0 Å². The Kier molecular flexibility index (Phi) is 3.13. The van der Waals surface area contributed by atoms with E-state index in [1.807, 2.05) is 0 Å². The summed E-state index contributed by atoms with van der Waals surface area (Å²) in [5, 5.41) is 0.123. The molecule has 0 nitrogen and oxygen atoms in total. The molecule has 2 rings (SSSR count). The highest BCUT2D eigenvalue weighted by Crippen LogP contribution is 2.32. The molecule has 2 aromatic rings. The van der Waals surface area contributed by atoms with Gasteiger partial charge in [0.25, 0.3) is 0 Å². The van der Waals surface area contributed by atoms with Gasteiger partial charge in [0.2, 0.25) is 0 Å². The third-order valence-corrected chi connectivity index (χ3v) is 2.69. The van der Waals surface area contributed by atoms with Crippen molar-refractivity contribution in [1.29, 1.82) is 0 Å². The third kappa shape index (κ3) is 2.04. The monoisotopic (exact) mass is 257 g/mol. The SMILES string of the molecule is Fc1cc(Cl)ccc1-c1[c]ccc(F)c1Cl. The van der Waals surface area contributed by atoms with Gasteiger partial charge in [0.15, 0.2) is 0 Å². The van der Waals surface area contributed by atoms with Crippen molar-refractivity contribution in [1.82, 2.24) is 0 Å². The van der Waals surface area contributed by atoms with Gasteiger partial charge in [-0.15, -0.1) is 0 Å². The van der Waals surface area contributed by atoms with Crippen molar-refractivity contribution in [3.05, 3.63) is 58.1 Å². The molecule has 0 atom stereocenters. The zero-order valence-electron chi connectivity index (χ0n) is 7.90. The number of benzene rings is 2. The van der Waals surface area contributed by atoms with Gasteiger partial charge in [-0.25, -0.2) is 8.78 Å². The van der Waals surface area contributed by atoms with E-state index in [9.17, 15) is 8.78 Å². The van der Waals surface area contributed by atoms with Crippen LogP contribution >= 0.6 is 23.2 Å². The molecular weight excluding hydrogens is 253 g/mol. The first-order valence-corrected chi connectivity index (χ1v) is 5.16. The predicted molar refractivity (Wildman–Crippen MR) is 60.7 cm³/mol. The Morgan fingerprint density at radius 1 is 1.00 bits per heavy atom. The molecule has 0 N–H and O–H groups in total. The van der Waals surface area contributed by atoms with Crippen molar-refractivity contribution >= 4 is 23.2 Å². The second-order valence-corrected chi connectivity index (χ2v) is 3.95. The molecule has 0 aliphatic heterocycles. The number of rotatable bonds is 1. The lowest BCUT2D eigenvalue weighted by Gasteiger charge is -2.06. The fraction of sp³-hybridized carbons (Fsp3) is 0. The first-order valence-electron chi connectivity index (χ1n) is 4.40. The molecule has 0 aliphatic rings. The zero-order chi connectivity index (χ0) is 11.7. The van der Waals surface area contributed by atoms with Gasteiger partial charge in [-0.2, -0.15) is 0 Å². The van der Waals surface area contributed by atoms with Gasteiger partial charge in [-0.3, -0.25) is 0 Å². The van der Waals surface area contributed by atoms with Gasteiger partial charge in [0.05, 0.1) is 5.02 Å². The minimum absolute atomic E-state index is 0.149. The van der Waals surface area contributed by atoms with Gasteiger partial charge in [0, 0.05) is 16.1 Å². The highest BCUT2D eigenvalue weighted by molar-refractivity contribution is 6.33. The van der Waals surface area contributed by atoms with E-state index < -0.39 is 11.6 Å². The normalized spacial score (nSPS) is 10.5. The second-order valence-electron chi connectivity index (χ2n) is 3.14. The standard InChI is InChI=1S/C12H5Cl2F2/c13-7-4-5-8(11(16)6-7)9-2-1-3-10(15)12(9)14/h1,3-6H. The summed E-state index contributed by atoms with van der Waals surface area (Å²) < 4.78 is 26.7. The van der Waals surface area contributed by atoms with Crippen LogP contribution in [0.15, 0.2) is 30.3 Å². The molecule has 4 heteroatoms. The topological polar surface area (TPSA) is 0 Å². The maximum absolute atomic E-state index is 13.6. The molecule has 1 radical (unpaired) electrons. The summed E-state index contributed by atoms with van der Waals surface area (Å²) >= 11 is 11.4. The van der Waals surface area contributed by atoms with Crippen molar-refractivity contribution in [3.8, 4) is 11.1 Å². The first-order chi connectivity index (χ1) is 7.59. The van der Waals surface area contributed by atoms with Crippen LogP contribution < -0.4 is 0 Å². The van der Waals surface area contributed by atoms with E-state index >= 15 is 0 Å². The van der Waals surface area contributed by atoms with E-state index in [0.29, 0.717) is 0 Å². The fourth-order valence-electron chi connectivity index (χ4n) is 1.34. The Labute approximate surface area is 101 Å². The molecule has 0 aromatic heterocycles. The van der Waals surface area contributed by atoms with Crippen molar-refractivity contribution in [2.75, 3.05) is 0 Å². The molecule has 0 aliphatic carbocycles. The van der Waals surface area contributed by atoms with E-state index in [1.54, 1.807) is 0 Å². The summed E-state index contributed by atoms with van der Waals surface area (Å²) in [7, 11) is 0. The molecule has 0 spiro atoms. The number of halogens is 4. The van der Waals surface area contributed by atoms with E-state index in [1.165, 1.54) is 24.3 Å². The van der Waals surface area contributed by atoms with E-state index in [4.69, 9.17) is 23.2 Å². The van der Waals surface area contributed by atoms with Crippen LogP contribution in [0.3, 0.4) is 0 Å². The predicted octanol–water partition coefficient (Wildman–Crippen LogP) is 4.74. The van der Waals surface area contributed by atoms with Gasteiger partial charge in [0.1, 0.15) is 11.6 Å². The van der Waals surface area contributed by atoms with E-state index in [0.717, 1.165) is 6.07 Å². The van der Waals surface area contributed by atoms with Crippen molar-refractivity contribution in [2.45, 2.75) is 0 Å². The number of hydrogen-bond donors (Lipinski definition) is 0. The van der Waals surface area contributed by atoms with Crippen molar-refractivity contribution in [2.24, 2.45) is 0 Å². The minimum Gasteiger partial charge on any atom is -0.206 e. The molecular formula is C12H5Cl2F2. The van der Waals surface area contributed by atoms with Crippen LogP contribution in [0, 0.1) is 17.7 Å². The highest BCUT2D eigenvalue weighted by atomic mass is 35.5. The van der Waals surface area contributed by atoms with Crippen LogP contribution in [0.5, 0.6) is 0 Å². The molecule has 0 amide bonds. The molecule has 0 saturated heterocycles. The maximum Gasteiger partial charge on any atom is 0.142 e. The summed E-state index contributed by atoms with van der Waals surface area (Å²) in [6, 6.07) is 9.31. The molecule has 81 valence electrons. The lowest BCUT2D eigenvalue weighted by molar-refractivity contribution is 0.625. The van der Waals surface area contributed by atoms with Crippen LogP contribution in [0.1, 0.15) is 0 Å². The van der Waals surface area contributed by atoms with Gasteiger partial charge in [-0.05, 0) is 30.3 Å². The molecule has 0 saturated carbocycles. The quantitative estimate of drug-likeness (QED) is 0.693. The van der Waals surface area contributed by atoms with Crippen molar-refractivity contribution in [3.63, 3.8) is 0 Å². The number of hydrogen-bond acceptors (Lipinski definition) is 0. The highest BCUT2D eigenvalue weighted by Gasteiger charge is 2.12. The van der Waals surface area contributed by atoms with E-state index in [2.05, 4.69) is 6.07 Å². The lowest BCUT2D eigenvalue weighted by atomic mass is 10.1. The van der Waals surface area contributed by atoms with Crippen LogP contribution in [-0.4, -0.2) is 0 Å². The Bertz CT molecular complexity index is 539. The summed E-state index contributed by atoms with van der Waals surface area (Å²) in [6.45, 7) is 0. The molecule has 0 heterocycles. The van der Waals surface area contributed by atoms with Gasteiger partial charge in [-0.1, -0.05) is 29.3 Å². The van der Waals surface area contributed by atoms with Crippen LogP contribution in [0.25, 0.3) is 11.1 Å². The molecule has 16 heavy (non-hydrogen) atoms. The average Bonchev–Trinajstić information content (AvgIpc) is 2.23. The second kappa shape index (κ2) is 4.40. The summed E-state index contributed by atoms with van der Waals surface area (Å²) in [6.07, 6.45) is 0. The average molecular weight is 258 g/mol. The zero-order valence-corrected chi connectivity index (χ0v) is 9.41. The molecule has 0 fully saturated rings. The third-order valence-electron chi connectivity index (χ3n) is 2.09. The maximum atomic E-state index is 13.6. The summed E-state index contributed by atoms with van der Waals surface area (Å²) in [5.41, 5.74) is 0.365. The minimum atomic E-state index is -0.607. The van der Waals surface area contributed by atoms with Crippen LogP contribution in [0.2, 0.25) is 10.0 Å². The van der Waals surface area contributed by atoms with E-state index in [-0.39, 0.29) is 21.2 Å². The molecule has 0 unspecified atom stereocenters. The Hall–Kier alpha value is -1.12. The van der Waals surface area contributed by atoms with Gasteiger partial charge >= 0.3 is 0 Å². The fourth-order valence-corrected chi connectivity index (χ4v) is 1.72. The Morgan fingerprint density at radius 3 is 2.44 bits per heavy atom. The largest absolute Gasteiger partial charge is 0.206 e. The Morgan fingerprint density at radius 2 is 1.75 bits per heavy atom. The van der Waals surface area contributed by atoms with Crippen molar-refractivity contribution < 1.29 is 8.78 Å².